The molecule has 0 amide bonds. The van der Waals surface area contributed by atoms with Crippen LogP contribution in [0.5, 0.6) is 0 Å². The van der Waals surface area contributed by atoms with Gasteiger partial charge in [-0.3, -0.25) is 0 Å². The Morgan fingerprint density at radius 2 is 1.19 bits per heavy atom. The van der Waals surface area contributed by atoms with Gasteiger partial charge in [0.15, 0.2) is 0 Å². The normalized spacial score (nSPS) is 19.9. The van der Waals surface area contributed by atoms with Crippen LogP contribution in [0.4, 0.5) is 45.5 Å². The number of hydrogen-bond acceptors (Lipinski definition) is 3. The molecule has 0 bridgehead atoms. The summed E-state index contributed by atoms with van der Waals surface area (Å²) in [5.74, 6) is 0. The maximum absolute atomic E-state index is 2.86. The van der Waals surface area contributed by atoms with Gasteiger partial charge in [-0.2, -0.15) is 0 Å². The molecular weight excluding hydrogens is 773 g/mol. The van der Waals surface area contributed by atoms with Crippen molar-refractivity contribution in [1.29, 1.82) is 0 Å². The molecule has 11 rings (SSSR count). The molecule has 4 heteroatoms. The quantitative estimate of drug-likeness (QED) is 0.164. The lowest BCUT2D eigenvalue weighted by atomic mass is 9.33. The van der Waals surface area contributed by atoms with Crippen molar-refractivity contribution in [2.24, 2.45) is 0 Å². The molecule has 7 aromatic carbocycles. The number of nitrogens with zero attached hydrogens (tertiary/aromatic N) is 3. The average Bonchev–Trinajstić information content (AvgIpc) is 3.48. The van der Waals surface area contributed by atoms with E-state index in [1.807, 2.05) is 0 Å². The van der Waals surface area contributed by atoms with Crippen molar-refractivity contribution in [3.05, 3.63) is 162 Å². The van der Waals surface area contributed by atoms with E-state index >= 15 is 0 Å². The van der Waals surface area contributed by atoms with E-state index in [-0.39, 0.29) is 33.9 Å². The summed E-state index contributed by atoms with van der Waals surface area (Å²) in [5, 5.41) is 2.56. The first-order valence-electron chi connectivity index (χ1n) is 23.9. The Labute approximate surface area is 383 Å². The van der Waals surface area contributed by atoms with Crippen molar-refractivity contribution in [2.75, 3.05) is 14.7 Å². The highest BCUT2D eigenvalue weighted by Crippen LogP contribution is 2.62. The number of hydrogen-bond donors (Lipinski definition) is 0. The molecule has 0 saturated heterocycles. The molecular formula is C60H64BN3. The van der Waals surface area contributed by atoms with E-state index in [9.17, 15) is 0 Å². The van der Waals surface area contributed by atoms with Gasteiger partial charge < -0.3 is 14.7 Å². The second-order valence-electron chi connectivity index (χ2n) is 23.0. The second kappa shape index (κ2) is 13.9. The highest BCUT2D eigenvalue weighted by Gasteiger charge is 2.61. The van der Waals surface area contributed by atoms with Crippen molar-refractivity contribution >= 4 is 79.4 Å². The molecule has 1 aliphatic carbocycles. The molecule has 4 aliphatic rings. The fourth-order valence-electron chi connectivity index (χ4n) is 12.4. The molecule has 7 aromatic rings. The van der Waals surface area contributed by atoms with E-state index in [1.165, 1.54) is 104 Å². The molecule has 64 heavy (non-hydrogen) atoms. The van der Waals surface area contributed by atoms with Gasteiger partial charge in [-0.25, -0.2) is 0 Å². The van der Waals surface area contributed by atoms with Crippen LogP contribution >= 0.6 is 0 Å². The SMILES string of the molecule is CC(C)(C)c1ccc(N(c2ccc3c(c2)N(c2ccccc2)c2cc(C(C)(C)C)cc4c2B3c2cccc3c2N4C2(C)CCCCC32C)c2ccc(C(C)(C)C)c3ccccc23)cc1. The minimum absolute atomic E-state index is 0.00269. The zero-order valence-corrected chi connectivity index (χ0v) is 40.0. The molecule has 0 N–H and O–H groups in total. The minimum atomic E-state index is -0.0574. The maximum atomic E-state index is 2.86. The van der Waals surface area contributed by atoms with Crippen molar-refractivity contribution in [3.63, 3.8) is 0 Å². The van der Waals surface area contributed by atoms with E-state index in [0.29, 0.717) is 0 Å². The van der Waals surface area contributed by atoms with Crippen LogP contribution in [0.15, 0.2) is 140 Å². The number of anilines is 8. The first-order chi connectivity index (χ1) is 30.4. The fourth-order valence-corrected chi connectivity index (χ4v) is 12.4. The zero-order chi connectivity index (χ0) is 44.7. The number of rotatable bonds is 4. The van der Waals surface area contributed by atoms with Crippen LogP contribution in [0, 0.1) is 0 Å². The van der Waals surface area contributed by atoms with Crippen molar-refractivity contribution in [1.82, 2.24) is 0 Å². The molecule has 1 saturated carbocycles. The topological polar surface area (TPSA) is 9.72 Å². The van der Waals surface area contributed by atoms with Gasteiger partial charge in [0.05, 0.1) is 11.2 Å². The van der Waals surface area contributed by atoms with E-state index in [2.05, 4.69) is 230 Å². The van der Waals surface area contributed by atoms with Gasteiger partial charge in [-0.05, 0) is 135 Å². The molecule has 2 unspecified atom stereocenters. The number of fused-ring (bicyclic) bond motifs is 8. The van der Waals surface area contributed by atoms with Crippen LogP contribution in [-0.4, -0.2) is 12.3 Å². The molecule has 1 fully saturated rings. The van der Waals surface area contributed by atoms with Gasteiger partial charge in [-0.15, -0.1) is 0 Å². The second-order valence-corrected chi connectivity index (χ2v) is 23.0. The third-order valence-corrected chi connectivity index (χ3v) is 16.0. The van der Waals surface area contributed by atoms with E-state index in [1.54, 1.807) is 5.56 Å². The zero-order valence-electron chi connectivity index (χ0n) is 40.0. The Hall–Kier alpha value is -5.74. The van der Waals surface area contributed by atoms with Gasteiger partial charge in [0.1, 0.15) is 0 Å². The van der Waals surface area contributed by atoms with Gasteiger partial charge in [0.2, 0.25) is 0 Å². The summed E-state index contributed by atoms with van der Waals surface area (Å²) in [7, 11) is 0. The summed E-state index contributed by atoms with van der Waals surface area (Å²) in [6.45, 7) is 26.3. The third kappa shape index (κ3) is 5.86. The average molecular weight is 838 g/mol. The summed E-state index contributed by atoms with van der Waals surface area (Å²) in [6.07, 6.45) is 4.96. The van der Waals surface area contributed by atoms with Crippen molar-refractivity contribution in [2.45, 2.75) is 129 Å². The molecule has 3 aliphatic heterocycles. The Kier molecular flexibility index (Phi) is 8.90. The third-order valence-electron chi connectivity index (χ3n) is 16.0. The van der Waals surface area contributed by atoms with E-state index in [4.69, 9.17) is 0 Å². The molecule has 322 valence electrons. The van der Waals surface area contributed by atoms with Crippen molar-refractivity contribution in [3.8, 4) is 0 Å². The van der Waals surface area contributed by atoms with Crippen LogP contribution in [0.25, 0.3) is 10.8 Å². The summed E-state index contributed by atoms with van der Waals surface area (Å²) >= 11 is 0. The lowest BCUT2D eigenvalue weighted by Crippen LogP contribution is -2.64. The predicted octanol–water partition coefficient (Wildman–Crippen LogP) is 14.6. The molecule has 2 atom stereocenters. The smallest absolute Gasteiger partial charge is 0.252 e. The standard InChI is InChI=1S/C60H64BN3/c1-56(2,3)39-26-28-42(29-27-39)62(50-33-31-46(58(7,8)9)44-22-15-16-23-45(44)50)43-30-32-48-51(38-43)63(41-20-13-12-14-21-41)52-36-40(57(4,5)6)37-53-54(52)61(48)49-25-19-24-47-55(49)64(53)60(11)35-18-17-34-59(47,60)10/h12-16,19-33,36-38H,17-18,34-35H2,1-11H3. The van der Waals surface area contributed by atoms with Crippen molar-refractivity contribution < 1.29 is 0 Å². The van der Waals surface area contributed by atoms with Gasteiger partial charge in [0.25, 0.3) is 6.71 Å². The Balaban J connectivity index is 1.21. The summed E-state index contributed by atoms with van der Waals surface area (Å²) in [4.78, 5) is 7.99. The van der Waals surface area contributed by atoms with E-state index < -0.39 is 0 Å². The van der Waals surface area contributed by atoms with Crippen LogP contribution in [-0.2, 0) is 21.7 Å². The van der Waals surface area contributed by atoms with Gasteiger partial charge in [-0.1, -0.05) is 167 Å². The largest absolute Gasteiger partial charge is 0.335 e. The molecule has 0 spiro atoms. The van der Waals surface area contributed by atoms with Crippen LogP contribution in [0.3, 0.4) is 0 Å². The van der Waals surface area contributed by atoms with Crippen LogP contribution in [0.2, 0.25) is 0 Å². The predicted molar refractivity (Wildman–Crippen MR) is 277 cm³/mol. The monoisotopic (exact) mass is 838 g/mol. The minimum Gasteiger partial charge on any atom is -0.335 e. The Morgan fingerprint density at radius 1 is 0.531 bits per heavy atom. The molecule has 3 heterocycles. The molecule has 0 aromatic heterocycles. The number of benzene rings is 7. The summed E-state index contributed by atoms with van der Waals surface area (Å²) in [6, 6.07) is 54.1. The highest BCUT2D eigenvalue weighted by atomic mass is 15.3. The molecule has 3 nitrogen and oxygen atoms in total. The number of para-hydroxylation sites is 2. The van der Waals surface area contributed by atoms with Gasteiger partial charge in [0, 0.05) is 50.6 Å². The summed E-state index contributed by atoms with van der Waals surface area (Å²) in [5.41, 5.74) is 20.0. The lowest BCUT2D eigenvalue weighted by molar-refractivity contribution is 0.195. The maximum Gasteiger partial charge on any atom is 0.252 e. The highest BCUT2D eigenvalue weighted by molar-refractivity contribution is 7.00. The fraction of sp³-hybridized carbons (Fsp3) is 0.333. The first kappa shape index (κ1) is 41.0. The van der Waals surface area contributed by atoms with Crippen LogP contribution in [0.1, 0.15) is 124 Å². The first-order valence-corrected chi connectivity index (χ1v) is 23.9. The molecule has 0 radical (unpaired) electrons. The van der Waals surface area contributed by atoms with E-state index in [0.717, 1.165) is 11.4 Å². The summed E-state index contributed by atoms with van der Waals surface area (Å²) < 4.78 is 0. The Morgan fingerprint density at radius 3 is 1.89 bits per heavy atom. The lowest BCUT2D eigenvalue weighted by Gasteiger charge is -2.53. The van der Waals surface area contributed by atoms with Gasteiger partial charge >= 0.3 is 0 Å². The Bertz CT molecular complexity index is 3000. The van der Waals surface area contributed by atoms with Crippen LogP contribution < -0.4 is 31.1 Å².